The molecular weight excluding hydrogens is 476 g/mol. The first kappa shape index (κ1) is 28.0. The predicted octanol–water partition coefficient (Wildman–Crippen LogP) is 2.38. The van der Waals surface area contributed by atoms with Crippen molar-refractivity contribution in [3.63, 3.8) is 0 Å². The Morgan fingerprint density at radius 2 is 1.69 bits per heavy atom. The van der Waals surface area contributed by atoms with Crippen molar-refractivity contribution in [3.8, 4) is 0 Å². The number of benzene rings is 2. The van der Waals surface area contributed by atoms with Gasteiger partial charge in [-0.1, -0.05) is 60.7 Å². The molecule has 36 heavy (non-hydrogen) atoms. The Hall–Kier alpha value is -2.59. The smallest absolute Gasteiger partial charge is 0.245 e. The van der Waals surface area contributed by atoms with E-state index in [0.29, 0.717) is 38.9 Å². The Morgan fingerprint density at radius 3 is 2.28 bits per heavy atom. The fraction of sp³-hybridized carbons (Fsp3) is 0.481. The Labute approximate surface area is 216 Å². The van der Waals surface area contributed by atoms with E-state index in [4.69, 9.17) is 0 Å². The van der Waals surface area contributed by atoms with Gasteiger partial charge in [0.25, 0.3) is 0 Å². The van der Waals surface area contributed by atoms with E-state index in [0.717, 1.165) is 24.0 Å². The van der Waals surface area contributed by atoms with E-state index in [1.807, 2.05) is 60.7 Å². The molecule has 4 atom stereocenters. The Kier molecular flexibility index (Phi) is 11.1. The molecule has 9 heteroatoms. The molecule has 1 aliphatic heterocycles. The summed E-state index contributed by atoms with van der Waals surface area (Å²) in [5.74, 6) is -0.350. The average Bonchev–Trinajstić information content (AvgIpc) is 3.37. The van der Waals surface area contributed by atoms with Crippen molar-refractivity contribution in [2.24, 2.45) is 0 Å². The van der Waals surface area contributed by atoms with E-state index < -0.39 is 23.4 Å². The highest BCUT2D eigenvalue weighted by Crippen LogP contribution is 2.21. The third kappa shape index (κ3) is 8.23. The summed E-state index contributed by atoms with van der Waals surface area (Å²) in [5, 5.41) is 5.86. The maximum absolute atomic E-state index is 13.7. The lowest BCUT2D eigenvalue weighted by Crippen LogP contribution is -2.55. The minimum Gasteiger partial charge on any atom is -0.343 e. The number of aryl methyl sites for hydroxylation is 1. The number of nitrogens with zero attached hydrogens (tertiary/aromatic N) is 2. The van der Waals surface area contributed by atoms with Crippen LogP contribution in [0, 0.1) is 0 Å². The third-order valence-electron chi connectivity index (χ3n) is 6.79. The molecule has 2 aromatic carbocycles. The first-order valence-corrected chi connectivity index (χ1v) is 13.7. The molecule has 3 rings (SSSR count). The molecule has 1 aliphatic rings. The SMILES string of the molecule is CN[C@@H](C)C(=O)N[C@@H](CCc1ccccc1)C(=O)N1CCC[C@H]1CN(CCc1ccccc1)S(=O)O. The van der Waals surface area contributed by atoms with E-state index in [2.05, 4.69) is 10.6 Å². The minimum atomic E-state index is -2.14. The molecule has 0 spiro atoms. The summed E-state index contributed by atoms with van der Waals surface area (Å²) in [4.78, 5) is 28.1. The Bertz CT molecular complexity index is 992. The maximum atomic E-state index is 13.7. The van der Waals surface area contributed by atoms with Crippen LogP contribution in [0.4, 0.5) is 0 Å². The number of carbonyl (C=O) groups is 2. The highest BCUT2D eigenvalue weighted by atomic mass is 32.2. The maximum Gasteiger partial charge on any atom is 0.245 e. The van der Waals surface area contributed by atoms with Crippen LogP contribution < -0.4 is 10.6 Å². The van der Waals surface area contributed by atoms with Gasteiger partial charge in [0.05, 0.1) is 6.04 Å². The zero-order valence-corrected chi connectivity index (χ0v) is 22.0. The van der Waals surface area contributed by atoms with Gasteiger partial charge in [0.15, 0.2) is 0 Å². The molecule has 1 fully saturated rings. The van der Waals surface area contributed by atoms with Crippen LogP contribution in [0.25, 0.3) is 0 Å². The number of rotatable bonds is 13. The number of carbonyl (C=O) groups excluding carboxylic acids is 2. The second-order valence-corrected chi connectivity index (χ2v) is 10.3. The quantitative estimate of drug-likeness (QED) is 0.356. The molecular formula is C27H38N4O4S. The fourth-order valence-corrected chi connectivity index (χ4v) is 5.07. The average molecular weight is 515 g/mol. The summed E-state index contributed by atoms with van der Waals surface area (Å²) in [6.07, 6.45) is 3.38. The monoisotopic (exact) mass is 514 g/mol. The standard InChI is InChI=1S/C27H38N4O4S/c1-21(28-2)26(32)29-25(16-15-22-10-5-3-6-11-22)27(33)31-18-9-14-24(31)20-30(36(34)35)19-17-23-12-7-4-8-13-23/h3-8,10-13,21,24-25,28H,9,14-20H2,1-2H3,(H,29,32)(H,34,35)/t21-,24-,25-/m0/s1. The number of nitrogens with one attached hydrogen (secondary N) is 2. The van der Waals surface area contributed by atoms with Gasteiger partial charge in [0, 0.05) is 25.7 Å². The van der Waals surface area contributed by atoms with Gasteiger partial charge in [0.1, 0.15) is 6.04 Å². The lowest BCUT2D eigenvalue weighted by Gasteiger charge is -2.32. The van der Waals surface area contributed by atoms with Crippen LogP contribution >= 0.6 is 0 Å². The number of amides is 2. The number of hydrogen-bond donors (Lipinski definition) is 3. The van der Waals surface area contributed by atoms with Crippen LogP contribution in [-0.4, -0.2) is 74.6 Å². The Morgan fingerprint density at radius 1 is 1.08 bits per heavy atom. The van der Waals surface area contributed by atoms with Crippen LogP contribution in [0.5, 0.6) is 0 Å². The second kappa shape index (κ2) is 14.2. The summed E-state index contributed by atoms with van der Waals surface area (Å²) >= 11 is -2.14. The molecule has 0 aliphatic carbocycles. The number of likely N-dealkylation sites (N-methyl/N-ethyl adjacent to an activating group) is 1. The van der Waals surface area contributed by atoms with E-state index >= 15 is 0 Å². The molecule has 0 bridgehead atoms. The summed E-state index contributed by atoms with van der Waals surface area (Å²) in [6.45, 7) is 3.06. The zero-order chi connectivity index (χ0) is 25.9. The lowest BCUT2D eigenvalue weighted by atomic mass is 10.0. The minimum absolute atomic E-state index is 0.128. The predicted molar refractivity (Wildman–Crippen MR) is 142 cm³/mol. The second-order valence-electron chi connectivity index (χ2n) is 9.28. The largest absolute Gasteiger partial charge is 0.343 e. The Balaban J connectivity index is 1.68. The van der Waals surface area contributed by atoms with Crippen molar-refractivity contribution in [1.29, 1.82) is 0 Å². The van der Waals surface area contributed by atoms with Crippen molar-refractivity contribution in [1.82, 2.24) is 19.8 Å². The summed E-state index contributed by atoms with van der Waals surface area (Å²) in [5.41, 5.74) is 2.20. The lowest BCUT2D eigenvalue weighted by molar-refractivity contribution is -0.137. The number of hydrogen-bond acceptors (Lipinski definition) is 4. The van der Waals surface area contributed by atoms with Crippen LogP contribution in [0.1, 0.15) is 37.3 Å². The van der Waals surface area contributed by atoms with E-state index in [9.17, 15) is 18.4 Å². The third-order valence-corrected chi connectivity index (χ3v) is 7.57. The van der Waals surface area contributed by atoms with Crippen molar-refractivity contribution < 1.29 is 18.4 Å². The molecule has 0 aromatic heterocycles. The molecule has 1 heterocycles. The van der Waals surface area contributed by atoms with Crippen LogP contribution in [0.2, 0.25) is 0 Å². The molecule has 0 radical (unpaired) electrons. The molecule has 3 N–H and O–H groups in total. The normalized spacial score (nSPS) is 18.1. The van der Waals surface area contributed by atoms with Gasteiger partial charge in [-0.05, 0) is 57.2 Å². The van der Waals surface area contributed by atoms with E-state index in [1.165, 1.54) is 4.31 Å². The number of likely N-dealkylation sites (tertiary alicyclic amines) is 1. The van der Waals surface area contributed by atoms with Crippen molar-refractivity contribution >= 4 is 23.1 Å². The van der Waals surface area contributed by atoms with Crippen molar-refractivity contribution in [2.45, 2.75) is 57.2 Å². The molecule has 0 saturated carbocycles. The molecule has 1 saturated heterocycles. The first-order valence-electron chi connectivity index (χ1n) is 12.6. The van der Waals surface area contributed by atoms with Crippen LogP contribution in [0.15, 0.2) is 60.7 Å². The molecule has 2 amide bonds. The summed E-state index contributed by atoms with van der Waals surface area (Å²) in [6, 6.07) is 18.5. The summed E-state index contributed by atoms with van der Waals surface area (Å²) < 4.78 is 23.6. The topological polar surface area (TPSA) is 102 Å². The van der Waals surface area contributed by atoms with Crippen molar-refractivity contribution in [3.05, 3.63) is 71.8 Å². The fourth-order valence-electron chi connectivity index (χ4n) is 4.52. The first-order chi connectivity index (χ1) is 17.4. The van der Waals surface area contributed by atoms with Gasteiger partial charge in [-0.2, -0.15) is 4.31 Å². The molecule has 196 valence electrons. The van der Waals surface area contributed by atoms with Gasteiger partial charge in [-0.15, -0.1) is 0 Å². The van der Waals surface area contributed by atoms with Gasteiger partial charge in [-0.25, -0.2) is 4.21 Å². The van der Waals surface area contributed by atoms with Crippen molar-refractivity contribution in [2.75, 3.05) is 26.7 Å². The van der Waals surface area contributed by atoms with Gasteiger partial charge in [0.2, 0.25) is 23.1 Å². The highest BCUT2D eigenvalue weighted by Gasteiger charge is 2.35. The van der Waals surface area contributed by atoms with Crippen LogP contribution in [0.3, 0.4) is 0 Å². The van der Waals surface area contributed by atoms with E-state index in [-0.39, 0.29) is 17.9 Å². The molecule has 2 aromatic rings. The van der Waals surface area contributed by atoms with Gasteiger partial charge in [-0.3, -0.25) is 14.1 Å². The van der Waals surface area contributed by atoms with Gasteiger partial charge >= 0.3 is 0 Å². The molecule has 8 nitrogen and oxygen atoms in total. The van der Waals surface area contributed by atoms with Gasteiger partial charge < -0.3 is 15.5 Å². The summed E-state index contributed by atoms with van der Waals surface area (Å²) in [7, 11) is 1.71. The zero-order valence-electron chi connectivity index (χ0n) is 21.1. The van der Waals surface area contributed by atoms with E-state index in [1.54, 1.807) is 18.9 Å². The highest BCUT2D eigenvalue weighted by molar-refractivity contribution is 7.76. The molecule has 1 unspecified atom stereocenters. The van der Waals surface area contributed by atoms with Crippen LogP contribution in [-0.2, 0) is 33.7 Å².